The van der Waals surface area contributed by atoms with E-state index in [9.17, 15) is 0 Å². The number of ether oxygens (including phenoxy) is 1. The molecule has 0 aromatic carbocycles. The van der Waals surface area contributed by atoms with Gasteiger partial charge in [0, 0.05) is 26.4 Å². The van der Waals surface area contributed by atoms with Crippen LogP contribution in [0.4, 0.5) is 0 Å². The zero-order valence-electron chi connectivity index (χ0n) is 12.3. The van der Waals surface area contributed by atoms with Crippen molar-refractivity contribution in [3.8, 4) is 0 Å². The SMILES string of the molecule is CCC1CCC(n2ccc(CNCCOC)n2)CC1. The maximum atomic E-state index is 5.01. The standard InChI is InChI=1S/C15H27N3O/c1-3-13-4-6-15(7-5-13)18-10-8-14(17-18)12-16-9-11-19-2/h8,10,13,15-16H,3-7,9,11-12H2,1-2H3. The van der Waals surface area contributed by atoms with Gasteiger partial charge in [0.25, 0.3) is 0 Å². The van der Waals surface area contributed by atoms with Crippen molar-refractivity contribution in [2.45, 2.75) is 51.6 Å². The van der Waals surface area contributed by atoms with E-state index in [1.54, 1.807) is 7.11 Å². The van der Waals surface area contributed by atoms with Crippen LogP contribution in [0.2, 0.25) is 0 Å². The van der Waals surface area contributed by atoms with Gasteiger partial charge < -0.3 is 10.1 Å². The van der Waals surface area contributed by atoms with Crippen molar-refractivity contribution in [2.24, 2.45) is 5.92 Å². The summed E-state index contributed by atoms with van der Waals surface area (Å²) >= 11 is 0. The lowest BCUT2D eigenvalue weighted by molar-refractivity contribution is 0.199. The van der Waals surface area contributed by atoms with Crippen LogP contribution in [-0.2, 0) is 11.3 Å². The second-order valence-electron chi connectivity index (χ2n) is 5.54. The van der Waals surface area contributed by atoms with Crippen molar-refractivity contribution in [3.05, 3.63) is 18.0 Å². The van der Waals surface area contributed by atoms with Crippen LogP contribution in [0.15, 0.2) is 12.3 Å². The topological polar surface area (TPSA) is 39.1 Å². The lowest BCUT2D eigenvalue weighted by Gasteiger charge is -2.27. The molecule has 1 N–H and O–H groups in total. The zero-order valence-corrected chi connectivity index (χ0v) is 12.3. The van der Waals surface area contributed by atoms with E-state index in [2.05, 4.69) is 29.2 Å². The first-order valence-electron chi connectivity index (χ1n) is 7.57. The fourth-order valence-corrected chi connectivity index (χ4v) is 2.88. The molecule has 1 aliphatic carbocycles. The molecule has 0 saturated heterocycles. The lowest BCUT2D eigenvalue weighted by atomic mass is 9.85. The summed E-state index contributed by atoms with van der Waals surface area (Å²) in [6.45, 7) is 4.77. The smallest absolute Gasteiger partial charge is 0.0762 e. The van der Waals surface area contributed by atoms with Gasteiger partial charge in [0.2, 0.25) is 0 Å². The Hall–Kier alpha value is -0.870. The number of hydrogen-bond acceptors (Lipinski definition) is 3. The van der Waals surface area contributed by atoms with Gasteiger partial charge in [-0.1, -0.05) is 13.3 Å². The molecule has 19 heavy (non-hydrogen) atoms. The van der Waals surface area contributed by atoms with Crippen LogP contribution in [0.5, 0.6) is 0 Å². The second kappa shape index (κ2) is 7.65. The van der Waals surface area contributed by atoms with Gasteiger partial charge in [-0.25, -0.2) is 0 Å². The van der Waals surface area contributed by atoms with Gasteiger partial charge in [0.05, 0.1) is 18.3 Å². The normalized spacial score (nSPS) is 23.7. The van der Waals surface area contributed by atoms with E-state index >= 15 is 0 Å². The minimum absolute atomic E-state index is 0.621. The lowest BCUT2D eigenvalue weighted by Crippen LogP contribution is -2.20. The molecule has 4 heteroatoms. The Kier molecular flexibility index (Phi) is 5.86. The highest BCUT2D eigenvalue weighted by atomic mass is 16.5. The number of hydrogen-bond donors (Lipinski definition) is 1. The highest BCUT2D eigenvalue weighted by molar-refractivity contribution is 4.99. The van der Waals surface area contributed by atoms with E-state index in [1.165, 1.54) is 32.1 Å². The van der Waals surface area contributed by atoms with Crippen molar-refractivity contribution < 1.29 is 4.74 Å². The molecule has 0 bridgehead atoms. The summed E-state index contributed by atoms with van der Waals surface area (Å²) in [4.78, 5) is 0. The van der Waals surface area contributed by atoms with Crippen molar-refractivity contribution in [2.75, 3.05) is 20.3 Å². The van der Waals surface area contributed by atoms with Crippen molar-refractivity contribution >= 4 is 0 Å². The van der Waals surface area contributed by atoms with Crippen molar-refractivity contribution in [1.29, 1.82) is 0 Å². The van der Waals surface area contributed by atoms with E-state index in [-0.39, 0.29) is 0 Å². The molecule has 0 atom stereocenters. The molecule has 0 aliphatic heterocycles. The number of nitrogens with one attached hydrogen (secondary N) is 1. The third-order valence-corrected chi connectivity index (χ3v) is 4.22. The van der Waals surface area contributed by atoms with Crippen molar-refractivity contribution in [1.82, 2.24) is 15.1 Å². The Morgan fingerprint density at radius 2 is 2.16 bits per heavy atom. The summed E-state index contributed by atoms with van der Waals surface area (Å²) in [7, 11) is 1.73. The average molecular weight is 265 g/mol. The molecule has 0 unspecified atom stereocenters. The summed E-state index contributed by atoms with van der Waals surface area (Å²) in [5, 5.41) is 8.03. The Bertz CT molecular complexity index is 356. The molecule has 1 saturated carbocycles. The van der Waals surface area contributed by atoms with E-state index in [4.69, 9.17) is 9.84 Å². The predicted molar refractivity (Wildman–Crippen MR) is 77.1 cm³/mol. The summed E-state index contributed by atoms with van der Waals surface area (Å²) in [6, 6.07) is 2.75. The fraction of sp³-hybridized carbons (Fsp3) is 0.800. The first kappa shape index (κ1) is 14.5. The molecule has 1 fully saturated rings. The molecule has 108 valence electrons. The van der Waals surface area contributed by atoms with Crippen LogP contribution in [0.1, 0.15) is 50.8 Å². The van der Waals surface area contributed by atoms with Crippen LogP contribution >= 0.6 is 0 Å². The van der Waals surface area contributed by atoms with Gasteiger partial charge in [-0.3, -0.25) is 4.68 Å². The fourth-order valence-electron chi connectivity index (χ4n) is 2.88. The molecule has 4 nitrogen and oxygen atoms in total. The molecule has 2 rings (SSSR count). The average Bonchev–Trinajstić information content (AvgIpc) is 2.92. The van der Waals surface area contributed by atoms with Gasteiger partial charge in [-0.15, -0.1) is 0 Å². The second-order valence-corrected chi connectivity index (χ2v) is 5.54. The molecule has 1 aromatic rings. The van der Waals surface area contributed by atoms with Crippen LogP contribution in [-0.4, -0.2) is 30.0 Å². The molecule has 0 radical (unpaired) electrons. The number of methoxy groups -OCH3 is 1. The summed E-state index contributed by atoms with van der Waals surface area (Å²) in [6.07, 6.45) is 8.78. The third-order valence-electron chi connectivity index (χ3n) is 4.22. The van der Waals surface area contributed by atoms with Gasteiger partial charge in [-0.2, -0.15) is 5.10 Å². The van der Waals surface area contributed by atoms with Crippen molar-refractivity contribution in [3.63, 3.8) is 0 Å². The van der Waals surface area contributed by atoms with Crippen LogP contribution < -0.4 is 5.32 Å². The van der Waals surface area contributed by atoms with Gasteiger partial charge in [-0.05, 0) is 37.7 Å². The molecular formula is C15H27N3O. The molecule has 0 amide bonds. The maximum Gasteiger partial charge on any atom is 0.0762 e. The molecule has 0 spiro atoms. The van der Waals surface area contributed by atoms with E-state index in [0.717, 1.165) is 31.3 Å². The third kappa shape index (κ3) is 4.32. The first-order chi connectivity index (χ1) is 9.33. The Morgan fingerprint density at radius 1 is 1.37 bits per heavy atom. The predicted octanol–water partition coefficient (Wildman–Crippen LogP) is 2.76. The Balaban J connectivity index is 1.77. The van der Waals surface area contributed by atoms with E-state index < -0.39 is 0 Å². The molecule has 1 heterocycles. The number of nitrogens with zero attached hydrogens (tertiary/aromatic N) is 2. The summed E-state index contributed by atoms with van der Waals surface area (Å²) < 4.78 is 7.19. The monoisotopic (exact) mass is 265 g/mol. The minimum Gasteiger partial charge on any atom is -0.383 e. The minimum atomic E-state index is 0.621. The zero-order chi connectivity index (χ0) is 13.5. The van der Waals surface area contributed by atoms with E-state index in [1.807, 2.05) is 0 Å². The molecular weight excluding hydrogens is 238 g/mol. The highest BCUT2D eigenvalue weighted by Crippen LogP contribution is 2.33. The number of rotatable bonds is 7. The van der Waals surface area contributed by atoms with Crippen LogP contribution in [0.3, 0.4) is 0 Å². The molecule has 1 aliphatic rings. The van der Waals surface area contributed by atoms with Gasteiger partial charge in [0.1, 0.15) is 0 Å². The van der Waals surface area contributed by atoms with Gasteiger partial charge in [0.15, 0.2) is 0 Å². The van der Waals surface area contributed by atoms with Crippen LogP contribution in [0, 0.1) is 5.92 Å². The quantitative estimate of drug-likeness (QED) is 0.771. The summed E-state index contributed by atoms with van der Waals surface area (Å²) in [5.41, 5.74) is 1.13. The van der Waals surface area contributed by atoms with Gasteiger partial charge >= 0.3 is 0 Å². The highest BCUT2D eigenvalue weighted by Gasteiger charge is 2.21. The van der Waals surface area contributed by atoms with E-state index in [0.29, 0.717) is 6.04 Å². The van der Waals surface area contributed by atoms with Crippen LogP contribution in [0.25, 0.3) is 0 Å². The Morgan fingerprint density at radius 3 is 2.84 bits per heavy atom. The molecule has 1 aromatic heterocycles. The first-order valence-corrected chi connectivity index (χ1v) is 7.57. The largest absolute Gasteiger partial charge is 0.383 e. The Labute approximate surface area is 116 Å². The maximum absolute atomic E-state index is 5.01. The summed E-state index contributed by atoms with van der Waals surface area (Å²) in [5.74, 6) is 0.946. The number of aromatic nitrogens is 2.